The first-order chi connectivity index (χ1) is 10.0. The Morgan fingerprint density at radius 2 is 2.29 bits per heavy atom. The number of halogens is 1. The molecule has 0 radical (unpaired) electrons. The number of nitrogens with two attached hydrogens (primary N) is 1. The number of amides is 3. The number of fused-ring (bicyclic) bond motifs is 1. The maximum absolute atomic E-state index is 12.4. The van der Waals surface area contributed by atoms with Crippen molar-refractivity contribution in [2.45, 2.75) is 25.9 Å². The Hall–Kier alpha value is -1.95. The standard InChI is InChI=1S/C14H18ClN3O3/c1-2-9-8-18(12(19)6-7-17-14(16)20)11-5-3-4-10(15)13(11)21-9/h3-5,9H,2,6-8H2,1H3,(H3,16,17,20)/t9-/m0/s1. The highest BCUT2D eigenvalue weighted by Gasteiger charge is 2.29. The van der Waals surface area contributed by atoms with E-state index in [0.717, 1.165) is 6.42 Å². The fourth-order valence-corrected chi connectivity index (χ4v) is 2.42. The van der Waals surface area contributed by atoms with Crippen molar-refractivity contribution in [3.63, 3.8) is 0 Å². The van der Waals surface area contributed by atoms with E-state index in [2.05, 4.69) is 5.32 Å². The van der Waals surface area contributed by atoms with Gasteiger partial charge in [-0.2, -0.15) is 0 Å². The van der Waals surface area contributed by atoms with Crippen LogP contribution in [0.3, 0.4) is 0 Å². The molecule has 0 unspecified atom stereocenters. The van der Waals surface area contributed by atoms with Crippen LogP contribution in [0, 0.1) is 0 Å². The van der Waals surface area contributed by atoms with Gasteiger partial charge in [0.1, 0.15) is 6.10 Å². The summed E-state index contributed by atoms with van der Waals surface area (Å²) in [6.07, 6.45) is 0.852. The van der Waals surface area contributed by atoms with Crippen molar-refractivity contribution in [3.8, 4) is 5.75 Å². The number of ether oxygens (including phenoxy) is 1. The zero-order valence-electron chi connectivity index (χ0n) is 11.8. The molecule has 6 nitrogen and oxygen atoms in total. The van der Waals surface area contributed by atoms with Crippen LogP contribution in [0.5, 0.6) is 5.75 Å². The summed E-state index contributed by atoms with van der Waals surface area (Å²) in [6, 6.07) is 4.67. The summed E-state index contributed by atoms with van der Waals surface area (Å²) in [5.41, 5.74) is 5.65. The minimum absolute atomic E-state index is 0.0922. The zero-order chi connectivity index (χ0) is 15.4. The molecule has 1 heterocycles. The molecular weight excluding hydrogens is 294 g/mol. The van der Waals surface area contributed by atoms with Crippen LogP contribution >= 0.6 is 11.6 Å². The van der Waals surface area contributed by atoms with Crippen LogP contribution in [0.15, 0.2) is 18.2 Å². The summed E-state index contributed by atoms with van der Waals surface area (Å²) in [5, 5.41) is 2.90. The monoisotopic (exact) mass is 311 g/mol. The van der Waals surface area contributed by atoms with Crippen LogP contribution < -0.4 is 20.7 Å². The topological polar surface area (TPSA) is 84.7 Å². The van der Waals surface area contributed by atoms with Gasteiger partial charge < -0.3 is 20.7 Å². The minimum atomic E-state index is -0.639. The average Bonchev–Trinajstić information content (AvgIpc) is 2.46. The molecule has 0 saturated heterocycles. The van der Waals surface area contributed by atoms with Gasteiger partial charge in [-0.25, -0.2) is 4.79 Å². The highest BCUT2D eigenvalue weighted by Crippen LogP contribution is 2.39. The third kappa shape index (κ3) is 3.58. The molecule has 1 aromatic rings. The van der Waals surface area contributed by atoms with Crippen LogP contribution in [0.25, 0.3) is 0 Å². The van der Waals surface area contributed by atoms with Crippen molar-refractivity contribution >= 4 is 29.2 Å². The first-order valence-corrected chi connectivity index (χ1v) is 7.19. The van der Waals surface area contributed by atoms with Gasteiger partial charge in [0.2, 0.25) is 5.91 Å². The molecule has 114 valence electrons. The molecule has 1 aliphatic heterocycles. The van der Waals surface area contributed by atoms with E-state index >= 15 is 0 Å². The molecule has 3 amide bonds. The summed E-state index contributed by atoms with van der Waals surface area (Å²) in [4.78, 5) is 24.7. The number of hydrogen-bond donors (Lipinski definition) is 2. The molecule has 3 N–H and O–H groups in total. The molecule has 1 aliphatic rings. The number of anilines is 1. The number of nitrogens with one attached hydrogen (secondary N) is 1. The summed E-state index contributed by atoms with van der Waals surface area (Å²) in [6.45, 7) is 2.67. The lowest BCUT2D eigenvalue weighted by molar-refractivity contribution is -0.119. The van der Waals surface area contributed by atoms with E-state index in [9.17, 15) is 9.59 Å². The van der Waals surface area contributed by atoms with Crippen molar-refractivity contribution in [1.29, 1.82) is 0 Å². The lowest BCUT2D eigenvalue weighted by Gasteiger charge is -2.35. The predicted octanol–water partition coefficient (Wildman–Crippen LogP) is 1.90. The highest BCUT2D eigenvalue weighted by molar-refractivity contribution is 6.32. The van der Waals surface area contributed by atoms with Crippen molar-refractivity contribution in [2.24, 2.45) is 5.73 Å². The number of urea groups is 1. The maximum Gasteiger partial charge on any atom is 0.312 e. The molecule has 0 aliphatic carbocycles. The van der Waals surface area contributed by atoms with E-state index in [-0.39, 0.29) is 25.0 Å². The third-order valence-electron chi connectivity index (χ3n) is 3.30. The van der Waals surface area contributed by atoms with Gasteiger partial charge in [-0.1, -0.05) is 24.6 Å². The molecule has 7 heteroatoms. The van der Waals surface area contributed by atoms with Crippen LogP contribution in [0.1, 0.15) is 19.8 Å². The van der Waals surface area contributed by atoms with Crippen LogP contribution in [-0.4, -0.2) is 31.1 Å². The molecule has 0 saturated carbocycles. The van der Waals surface area contributed by atoms with Gasteiger partial charge in [0.15, 0.2) is 5.75 Å². The van der Waals surface area contributed by atoms with Crippen molar-refractivity contribution in [2.75, 3.05) is 18.0 Å². The van der Waals surface area contributed by atoms with Crippen molar-refractivity contribution in [1.82, 2.24) is 5.32 Å². The number of nitrogens with zero attached hydrogens (tertiary/aromatic N) is 1. The number of para-hydroxylation sites is 1. The average molecular weight is 312 g/mol. The lowest BCUT2D eigenvalue weighted by atomic mass is 10.1. The Morgan fingerprint density at radius 3 is 2.95 bits per heavy atom. The highest BCUT2D eigenvalue weighted by atomic mass is 35.5. The second-order valence-electron chi connectivity index (χ2n) is 4.78. The van der Waals surface area contributed by atoms with Gasteiger partial charge in [0.25, 0.3) is 0 Å². The fraction of sp³-hybridized carbons (Fsp3) is 0.429. The van der Waals surface area contributed by atoms with E-state index in [1.54, 1.807) is 23.1 Å². The van der Waals surface area contributed by atoms with Gasteiger partial charge in [0.05, 0.1) is 17.3 Å². The summed E-state index contributed by atoms with van der Waals surface area (Å²) < 4.78 is 5.82. The van der Waals surface area contributed by atoms with Crippen molar-refractivity contribution < 1.29 is 14.3 Å². The SMILES string of the molecule is CC[C@H]1CN(C(=O)CCNC(N)=O)c2cccc(Cl)c2O1. The second kappa shape index (κ2) is 6.67. The van der Waals surface area contributed by atoms with E-state index in [1.165, 1.54) is 0 Å². The van der Waals surface area contributed by atoms with Gasteiger partial charge in [-0.05, 0) is 18.6 Å². The number of primary amides is 1. The minimum Gasteiger partial charge on any atom is -0.485 e. The summed E-state index contributed by atoms with van der Waals surface area (Å²) in [5.74, 6) is 0.433. The Kier molecular flexibility index (Phi) is 4.90. The van der Waals surface area contributed by atoms with E-state index in [4.69, 9.17) is 22.1 Å². The second-order valence-corrected chi connectivity index (χ2v) is 5.19. The number of carbonyl (C=O) groups excluding carboxylic acids is 2. The summed E-state index contributed by atoms with van der Waals surface area (Å²) >= 11 is 6.14. The number of carbonyl (C=O) groups is 2. The first kappa shape index (κ1) is 15.4. The van der Waals surface area contributed by atoms with E-state index in [0.29, 0.717) is 23.0 Å². The van der Waals surface area contributed by atoms with E-state index in [1.807, 2.05) is 6.92 Å². The fourth-order valence-electron chi connectivity index (χ4n) is 2.21. The molecule has 0 aromatic heterocycles. The maximum atomic E-state index is 12.4. The van der Waals surface area contributed by atoms with Gasteiger partial charge in [-0.3, -0.25) is 4.79 Å². The van der Waals surface area contributed by atoms with Crippen LogP contribution in [0.4, 0.5) is 10.5 Å². The molecule has 1 aromatic carbocycles. The third-order valence-corrected chi connectivity index (χ3v) is 3.60. The number of hydrogen-bond acceptors (Lipinski definition) is 3. The number of benzene rings is 1. The van der Waals surface area contributed by atoms with Crippen LogP contribution in [0.2, 0.25) is 5.02 Å². The Morgan fingerprint density at radius 1 is 1.52 bits per heavy atom. The smallest absolute Gasteiger partial charge is 0.312 e. The molecule has 2 rings (SSSR count). The lowest BCUT2D eigenvalue weighted by Crippen LogP contribution is -2.44. The molecule has 0 spiro atoms. The van der Waals surface area contributed by atoms with Crippen LogP contribution in [-0.2, 0) is 4.79 Å². The molecular formula is C14H18ClN3O3. The quantitative estimate of drug-likeness (QED) is 0.890. The summed E-state index contributed by atoms with van der Waals surface area (Å²) in [7, 11) is 0. The number of rotatable bonds is 4. The Labute approximate surface area is 128 Å². The van der Waals surface area contributed by atoms with Gasteiger partial charge >= 0.3 is 6.03 Å². The van der Waals surface area contributed by atoms with E-state index < -0.39 is 6.03 Å². The molecule has 0 bridgehead atoms. The van der Waals surface area contributed by atoms with Gasteiger partial charge in [0, 0.05) is 13.0 Å². The first-order valence-electron chi connectivity index (χ1n) is 6.81. The largest absolute Gasteiger partial charge is 0.485 e. The molecule has 21 heavy (non-hydrogen) atoms. The normalized spacial score (nSPS) is 16.9. The molecule has 0 fully saturated rings. The van der Waals surface area contributed by atoms with Crippen molar-refractivity contribution in [3.05, 3.63) is 23.2 Å². The predicted molar refractivity (Wildman–Crippen MR) is 80.7 cm³/mol. The molecule has 1 atom stereocenters. The Bertz CT molecular complexity index is 550. The zero-order valence-corrected chi connectivity index (χ0v) is 12.5. The van der Waals surface area contributed by atoms with Gasteiger partial charge in [-0.15, -0.1) is 0 Å². The Balaban J connectivity index is 2.17.